The molecule has 4 aromatic rings. The monoisotopic (exact) mass is 432 g/mol. The molecule has 0 saturated carbocycles. The summed E-state index contributed by atoms with van der Waals surface area (Å²) in [5.41, 5.74) is 10.4. The fourth-order valence-corrected chi connectivity index (χ4v) is 5.25. The molecule has 0 fully saturated rings. The van der Waals surface area contributed by atoms with Gasteiger partial charge in [-0.3, -0.25) is 9.36 Å². The van der Waals surface area contributed by atoms with Crippen molar-refractivity contribution in [3.05, 3.63) is 74.9 Å². The molecule has 0 unspecified atom stereocenters. The third kappa shape index (κ3) is 3.07. The molecule has 0 bridgehead atoms. The average Bonchev–Trinajstić information content (AvgIpc) is 3.10. The number of hydrogen-bond donors (Lipinski definition) is 2. The molecule has 1 aliphatic heterocycles. The van der Waals surface area contributed by atoms with Crippen LogP contribution in [-0.2, 0) is 6.42 Å². The number of nitrogen functional groups attached to an aromatic ring is 1. The molecule has 0 amide bonds. The van der Waals surface area contributed by atoms with Crippen molar-refractivity contribution in [1.29, 1.82) is 0 Å². The SMILES string of the molecule is Cc1c(C(=O)O)sc2nc(N)c(=O)n(-c3ccc4c(c3)N(c3ccccc3)CCC4)c12. The van der Waals surface area contributed by atoms with E-state index in [1.54, 1.807) is 6.92 Å². The predicted octanol–water partition coefficient (Wildman–Crippen LogP) is 4.12. The Morgan fingerprint density at radius 1 is 1.16 bits per heavy atom. The standard InChI is InChI=1S/C23H20N4O3S/c1-13-18-21(31-19(13)23(29)30)25-20(24)22(28)27(18)16-10-9-14-6-5-11-26(17(14)12-16)15-7-3-2-4-8-15/h2-4,7-10,12H,5-6,11H2,1H3,(H2,24,25)(H,29,30). The Morgan fingerprint density at radius 2 is 1.94 bits per heavy atom. The number of aromatic nitrogens is 2. The highest BCUT2D eigenvalue weighted by molar-refractivity contribution is 7.20. The van der Waals surface area contributed by atoms with Gasteiger partial charge >= 0.3 is 5.97 Å². The predicted molar refractivity (Wildman–Crippen MR) is 123 cm³/mol. The average molecular weight is 433 g/mol. The van der Waals surface area contributed by atoms with Crippen LogP contribution < -0.4 is 16.2 Å². The lowest BCUT2D eigenvalue weighted by molar-refractivity contribution is 0.0701. The third-order valence-electron chi connectivity index (χ3n) is 5.67. The maximum absolute atomic E-state index is 13.1. The summed E-state index contributed by atoms with van der Waals surface area (Å²) in [4.78, 5) is 31.7. The van der Waals surface area contributed by atoms with Crippen LogP contribution in [0.3, 0.4) is 0 Å². The van der Waals surface area contributed by atoms with E-state index in [-0.39, 0.29) is 10.7 Å². The van der Waals surface area contributed by atoms with E-state index in [1.165, 1.54) is 10.1 Å². The zero-order chi connectivity index (χ0) is 21.7. The number of thiophene rings is 1. The topological polar surface area (TPSA) is 101 Å². The van der Waals surface area contributed by atoms with Crippen LogP contribution in [0.15, 0.2) is 53.3 Å². The quantitative estimate of drug-likeness (QED) is 0.505. The molecule has 3 heterocycles. The maximum Gasteiger partial charge on any atom is 0.346 e. The van der Waals surface area contributed by atoms with Crippen LogP contribution in [0.2, 0.25) is 0 Å². The van der Waals surface area contributed by atoms with Gasteiger partial charge < -0.3 is 15.7 Å². The molecule has 0 radical (unpaired) electrons. The Morgan fingerprint density at radius 3 is 2.68 bits per heavy atom. The number of aryl methyl sites for hydroxylation is 2. The number of rotatable bonds is 3. The van der Waals surface area contributed by atoms with Crippen LogP contribution in [0.25, 0.3) is 16.0 Å². The first-order valence-corrected chi connectivity index (χ1v) is 10.8. The zero-order valence-electron chi connectivity index (χ0n) is 16.8. The Hall–Kier alpha value is -3.65. The van der Waals surface area contributed by atoms with Crippen molar-refractivity contribution >= 4 is 44.8 Å². The van der Waals surface area contributed by atoms with Crippen LogP contribution >= 0.6 is 11.3 Å². The molecule has 2 aromatic heterocycles. The number of carboxylic acid groups (broad SMARTS) is 1. The minimum Gasteiger partial charge on any atom is -0.477 e. The molecule has 31 heavy (non-hydrogen) atoms. The van der Waals surface area contributed by atoms with Crippen molar-refractivity contribution in [2.75, 3.05) is 17.2 Å². The number of aromatic carboxylic acids is 1. The largest absolute Gasteiger partial charge is 0.477 e. The fourth-order valence-electron chi connectivity index (χ4n) is 4.23. The first kappa shape index (κ1) is 19.3. The first-order chi connectivity index (χ1) is 15.0. The van der Waals surface area contributed by atoms with E-state index in [4.69, 9.17) is 5.73 Å². The lowest BCUT2D eigenvalue weighted by atomic mass is 10.00. The highest BCUT2D eigenvalue weighted by Gasteiger charge is 2.23. The number of hydrogen-bond acceptors (Lipinski definition) is 6. The fraction of sp³-hybridized carbons (Fsp3) is 0.174. The summed E-state index contributed by atoms with van der Waals surface area (Å²) in [6.07, 6.45) is 2.00. The van der Waals surface area contributed by atoms with Crippen molar-refractivity contribution in [2.45, 2.75) is 19.8 Å². The highest BCUT2D eigenvalue weighted by atomic mass is 32.1. The van der Waals surface area contributed by atoms with Crippen molar-refractivity contribution in [1.82, 2.24) is 9.55 Å². The lowest BCUT2D eigenvalue weighted by Gasteiger charge is -2.32. The molecule has 5 rings (SSSR count). The molecular formula is C23H20N4O3S. The van der Waals surface area contributed by atoms with Crippen LogP contribution in [0, 0.1) is 6.92 Å². The minimum absolute atomic E-state index is 0.150. The summed E-state index contributed by atoms with van der Waals surface area (Å²) in [6, 6.07) is 16.1. The summed E-state index contributed by atoms with van der Waals surface area (Å²) in [5, 5.41) is 9.54. The molecule has 156 valence electrons. The molecule has 3 N–H and O–H groups in total. The zero-order valence-corrected chi connectivity index (χ0v) is 17.6. The maximum atomic E-state index is 13.1. The number of para-hydroxylation sites is 1. The van der Waals surface area contributed by atoms with Crippen molar-refractivity contribution in [3.63, 3.8) is 0 Å². The lowest BCUT2D eigenvalue weighted by Crippen LogP contribution is -2.26. The van der Waals surface area contributed by atoms with Crippen LogP contribution in [-0.4, -0.2) is 27.2 Å². The van der Waals surface area contributed by atoms with Gasteiger partial charge in [0.15, 0.2) is 5.82 Å². The molecule has 1 aliphatic rings. The van der Waals surface area contributed by atoms with Gasteiger partial charge in [0.2, 0.25) is 0 Å². The second kappa shape index (κ2) is 7.24. The number of nitrogens with zero attached hydrogens (tertiary/aromatic N) is 3. The molecule has 0 aliphatic carbocycles. The van der Waals surface area contributed by atoms with Crippen LogP contribution in [0.5, 0.6) is 0 Å². The summed E-state index contributed by atoms with van der Waals surface area (Å²) in [5.74, 6) is -1.19. The van der Waals surface area contributed by atoms with Gasteiger partial charge in [-0.25, -0.2) is 9.78 Å². The second-order valence-electron chi connectivity index (χ2n) is 7.56. The van der Waals surface area contributed by atoms with E-state index < -0.39 is 11.5 Å². The Balaban J connectivity index is 1.76. The van der Waals surface area contributed by atoms with Gasteiger partial charge in [-0.05, 0) is 49.6 Å². The van der Waals surface area contributed by atoms with E-state index in [2.05, 4.69) is 22.0 Å². The van der Waals surface area contributed by atoms with Crippen molar-refractivity contribution < 1.29 is 9.90 Å². The highest BCUT2D eigenvalue weighted by Crippen LogP contribution is 2.36. The Labute approximate surface area is 182 Å². The minimum atomic E-state index is -1.04. The number of nitrogens with two attached hydrogens (primary N) is 1. The van der Waals surface area contributed by atoms with E-state index >= 15 is 0 Å². The van der Waals surface area contributed by atoms with E-state index in [9.17, 15) is 14.7 Å². The van der Waals surface area contributed by atoms with E-state index in [0.717, 1.165) is 42.1 Å². The third-order valence-corrected chi connectivity index (χ3v) is 6.84. The molecule has 2 aromatic carbocycles. The molecule has 0 saturated heterocycles. The van der Waals surface area contributed by atoms with Crippen molar-refractivity contribution in [3.8, 4) is 5.69 Å². The van der Waals surface area contributed by atoms with E-state index in [0.29, 0.717) is 21.6 Å². The summed E-state index contributed by atoms with van der Waals surface area (Å²) < 4.78 is 1.49. The first-order valence-electron chi connectivity index (χ1n) is 9.96. The summed E-state index contributed by atoms with van der Waals surface area (Å²) in [7, 11) is 0. The molecular weight excluding hydrogens is 412 g/mol. The molecule has 7 nitrogen and oxygen atoms in total. The van der Waals surface area contributed by atoms with Crippen molar-refractivity contribution in [2.24, 2.45) is 0 Å². The van der Waals surface area contributed by atoms with Gasteiger partial charge in [-0.1, -0.05) is 24.3 Å². The van der Waals surface area contributed by atoms with Gasteiger partial charge in [0, 0.05) is 23.5 Å². The van der Waals surface area contributed by atoms with Crippen LogP contribution in [0.4, 0.5) is 17.2 Å². The normalized spacial score (nSPS) is 13.4. The number of fused-ring (bicyclic) bond motifs is 2. The number of benzene rings is 2. The Bertz CT molecular complexity index is 1390. The molecule has 0 atom stereocenters. The van der Waals surface area contributed by atoms with E-state index in [1.807, 2.05) is 36.4 Å². The van der Waals surface area contributed by atoms with Gasteiger partial charge in [0.05, 0.1) is 11.2 Å². The second-order valence-corrected chi connectivity index (χ2v) is 8.56. The smallest absolute Gasteiger partial charge is 0.346 e. The van der Waals surface area contributed by atoms with Gasteiger partial charge in [-0.15, -0.1) is 11.3 Å². The van der Waals surface area contributed by atoms with Gasteiger partial charge in [0.25, 0.3) is 5.56 Å². The Kier molecular flexibility index (Phi) is 4.51. The summed E-state index contributed by atoms with van der Waals surface area (Å²) >= 11 is 1.03. The number of anilines is 3. The van der Waals surface area contributed by atoms with Gasteiger partial charge in [-0.2, -0.15) is 0 Å². The van der Waals surface area contributed by atoms with Crippen LogP contribution in [0.1, 0.15) is 27.2 Å². The van der Waals surface area contributed by atoms with Gasteiger partial charge in [0.1, 0.15) is 9.71 Å². The molecule has 8 heteroatoms. The molecule has 0 spiro atoms. The number of carboxylic acids is 1. The number of carbonyl (C=O) groups is 1. The summed E-state index contributed by atoms with van der Waals surface area (Å²) in [6.45, 7) is 2.58.